The first-order valence-corrected chi connectivity index (χ1v) is 8.55. The topological polar surface area (TPSA) is 77.3 Å². The molecule has 0 radical (unpaired) electrons. The van der Waals surface area contributed by atoms with Crippen LogP contribution in [0.4, 0.5) is 5.69 Å². The Kier molecular flexibility index (Phi) is 5.53. The smallest absolute Gasteiger partial charge is 0.258 e. The average molecular weight is 320 g/mol. The molecule has 0 aliphatic carbocycles. The Bertz CT molecular complexity index is 598. The molecule has 0 aliphatic heterocycles. The van der Waals surface area contributed by atoms with Crippen LogP contribution in [0.25, 0.3) is 0 Å². The summed E-state index contributed by atoms with van der Waals surface area (Å²) >= 11 is 6.18. The fraction of sp³-hybridized carbons (Fsp3) is 0.538. The van der Waals surface area contributed by atoms with Crippen molar-refractivity contribution in [1.82, 2.24) is 0 Å². The third-order valence-electron chi connectivity index (χ3n) is 2.85. The van der Waals surface area contributed by atoms with E-state index in [9.17, 15) is 18.5 Å². The summed E-state index contributed by atoms with van der Waals surface area (Å²) in [7, 11) is -3.46. The molecule has 1 rings (SSSR count). The second kappa shape index (κ2) is 6.54. The van der Waals surface area contributed by atoms with Crippen LogP contribution in [0, 0.1) is 16.0 Å². The molecule has 1 unspecified atom stereocenters. The quantitative estimate of drug-likeness (QED) is 0.458. The van der Waals surface area contributed by atoms with Crippen molar-refractivity contribution in [1.29, 1.82) is 0 Å². The number of nitro benzene ring substituents is 1. The van der Waals surface area contributed by atoms with Crippen LogP contribution in [0.2, 0.25) is 0 Å². The SMILES string of the molecule is CC(C)CC(Cl)Cc1ccc(S(C)(=O)=O)cc1[N+](=O)[O-]. The normalized spacial score (nSPS) is 13.4. The maximum absolute atomic E-state index is 11.4. The Morgan fingerprint density at radius 3 is 2.40 bits per heavy atom. The van der Waals surface area contributed by atoms with Gasteiger partial charge in [-0.3, -0.25) is 10.1 Å². The van der Waals surface area contributed by atoms with Crippen LogP contribution in [0.15, 0.2) is 23.1 Å². The highest BCUT2D eigenvalue weighted by Gasteiger charge is 2.20. The second-order valence-electron chi connectivity index (χ2n) is 5.25. The molecule has 112 valence electrons. The van der Waals surface area contributed by atoms with E-state index in [1.165, 1.54) is 12.1 Å². The van der Waals surface area contributed by atoms with E-state index in [-0.39, 0.29) is 16.0 Å². The molecule has 1 atom stereocenters. The summed E-state index contributed by atoms with van der Waals surface area (Å²) in [4.78, 5) is 10.5. The molecule has 0 amide bonds. The van der Waals surface area contributed by atoms with Gasteiger partial charge in [0.25, 0.3) is 5.69 Å². The monoisotopic (exact) mass is 319 g/mol. The first-order valence-electron chi connectivity index (χ1n) is 6.22. The van der Waals surface area contributed by atoms with Gasteiger partial charge in [0, 0.05) is 23.3 Å². The number of sulfone groups is 1. The number of benzene rings is 1. The predicted molar refractivity (Wildman–Crippen MR) is 79.0 cm³/mol. The number of nitrogens with zero attached hydrogens (tertiary/aromatic N) is 1. The molecule has 0 N–H and O–H groups in total. The van der Waals surface area contributed by atoms with Crippen molar-refractivity contribution in [2.24, 2.45) is 5.92 Å². The van der Waals surface area contributed by atoms with Crippen LogP contribution in [0.1, 0.15) is 25.8 Å². The first kappa shape index (κ1) is 16.9. The minimum absolute atomic E-state index is 0.0528. The van der Waals surface area contributed by atoms with Crippen molar-refractivity contribution in [3.63, 3.8) is 0 Å². The van der Waals surface area contributed by atoms with E-state index >= 15 is 0 Å². The highest BCUT2D eigenvalue weighted by Crippen LogP contribution is 2.26. The average Bonchev–Trinajstić information content (AvgIpc) is 2.26. The fourth-order valence-corrected chi connectivity index (χ4v) is 3.11. The molecule has 1 aromatic rings. The van der Waals surface area contributed by atoms with Gasteiger partial charge < -0.3 is 0 Å². The number of alkyl halides is 1. The van der Waals surface area contributed by atoms with Crippen LogP contribution in [0.3, 0.4) is 0 Å². The molecule has 0 aromatic heterocycles. The zero-order valence-electron chi connectivity index (χ0n) is 11.7. The number of hydrogen-bond acceptors (Lipinski definition) is 4. The molecule has 0 saturated carbocycles. The van der Waals surface area contributed by atoms with Gasteiger partial charge in [-0.1, -0.05) is 19.9 Å². The molecule has 0 spiro atoms. The molecule has 20 heavy (non-hydrogen) atoms. The molecule has 0 heterocycles. The van der Waals surface area contributed by atoms with E-state index in [1.54, 1.807) is 0 Å². The zero-order valence-corrected chi connectivity index (χ0v) is 13.2. The summed E-state index contributed by atoms with van der Waals surface area (Å²) in [5, 5.41) is 10.9. The highest BCUT2D eigenvalue weighted by atomic mass is 35.5. The van der Waals surface area contributed by atoms with Gasteiger partial charge in [-0.05, 0) is 24.8 Å². The number of rotatable bonds is 6. The van der Waals surface area contributed by atoms with Gasteiger partial charge in [-0.25, -0.2) is 8.42 Å². The molecule has 0 bridgehead atoms. The van der Waals surface area contributed by atoms with E-state index in [0.717, 1.165) is 18.7 Å². The predicted octanol–water partition coefficient (Wildman–Crippen LogP) is 3.19. The molecular weight excluding hydrogens is 302 g/mol. The molecule has 5 nitrogen and oxygen atoms in total. The van der Waals surface area contributed by atoms with E-state index in [0.29, 0.717) is 17.9 Å². The Morgan fingerprint density at radius 1 is 1.35 bits per heavy atom. The van der Waals surface area contributed by atoms with E-state index in [2.05, 4.69) is 0 Å². The minimum Gasteiger partial charge on any atom is -0.258 e. The van der Waals surface area contributed by atoms with Gasteiger partial charge in [0.15, 0.2) is 9.84 Å². The number of nitro groups is 1. The first-order chi connectivity index (χ1) is 9.11. The van der Waals surface area contributed by atoms with Crippen molar-refractivity contribution in [3.05, 3.63) is 33.9 Å². The Hall–Kier alpha value is -1.14. The van der Waals surface area contributed by atoms with Crippen molar-refractivity contribution in [2.75, 3.05) is 6.26 Å². The molecule has 0 saturated heterocycles. The van der Waals surface area contributed by atoms with E-state index in [4.69, 9.17) is 11.6 Å². The van der Waals surface area contributed by atoms with Crippen molar-refractivity contribution in [3.8, 4) is 0 Å². The van der Waals surface area contributed by atoms with Gasteiger partial charge in [-0.15, -0.1) is 11.6 Å². The highest BCUT2D eigenvalue weighted by molar-refractivity contribution is 7.90. The maximum Gasteiger partial charge on any atom is 0.273 e. The lowest BCUT2D eigenvalue weighted by molar-refractivity contribution is -0.385. The summed E-state index contributed by atoms with van der Waals surface area (Å²) in [6, 6.07) is 3.96. The van der Waals surface area contributed by atoms with Gasteiger partial charge >= 0.3 is 0 Å². The lowest BCUT2D eigenvalue weighted by Crippen LogP contribution is -2.09. The summed E-state index contributed by atoms with van der Waals surface area (Å²) in [6.07, 6.45) is 2.11. The summed E-state index contributed by atoms with van der Waals surface area (Å²) in [5.74, 6) is 0.395. The third-order valence-corrected chi connectivity index (χ3v) is 4.29. The van der Waals surface area contributed by atoms with Gasteiger partial charge in [0.2, 0.25) is 0 Å². The van der Waals surface area contributed by atoms with Gasteiger partial charge in [0.1, 0.15) is 0 Å². The minimum atomic E-state index is -3.46. The largest absolute Gasteiger partial charge is 0.273 e. The zero-order chi connectivity index (χ0) is 15.5. The van der Waals surface area contributed by atoms with Crippen molar-refractivity contribution >= 4 is 27.1 Å². The molecular formula is C13H18ClNO4S. The van der Waals surface area contributed by atoms with Crippen LogP contribution >= 0.6 is 11.6 Å². The second-order valence-corrected chi connectivity index (χ2v) is 7.88. The van der Waals surface area contributed by atoms with Gasteiger partial charge in [0.05, 0.1) is 9.82 Å². The Balaban J connectivity index is 3.12. The van der Waals surface area contributed by atoms with Crippen LogP contribution in [-0.4, -0.2) is 25.0 Å². The van der Waals surface area contributed by atoms with Crippen LogP contribution in [0.5, 0.6) is 0 Å². The lowest BCUT2D eigenvalue weighted by Gasteiger charge is -2.12. The van der Waals surface area contributed by atoms with Crippen molar-refractivity contribution in [2.45, 2.75) is 37.0 Å². The summed E-state index contributed by atoms with van der Waals surface area (Å²) in [5.41, 5.74) is 0.269. The maximum atomic E-state index is 11.4. The lowest BCUT2D eigenvalue weighted by atomic mass is 10.0. The fourth-order valence-electron chi connectivity index (χ4n) is 1.95. The van der Waals surface area contributed by atoms with Crippen LogP contribution < -0.4 is 0 Å². The van der Waals surface area contributed by atoms with Crippen molar-refractivity contribution < 1.29 is 13.3 Å². The number of hydrogen-bond donors (Lipinski definition) is 0. The number of halogens is 1. The third kappa shape index (κ3) is 4.76. The van der Waals surface area contributed by atoms with E-state index < -0.39 is 14.8 Å². The molecule has 7 heteroatoms. The Morgan fingerprint density at radius 2 is 1.95 bits per heavy atom. The summed E-state index contributed by atoms with van der Waals surface area (Å²) in [6.45, 7) is 4.05. The Labute approximate surface area is 124 Å². The van der Waals surface area contributed by atoms with Gasteiger partial charge in [-0.2, -0.15) is 0 Å². The standard InChI is InChI=1S/C13H18ClNO4S/c1-9(2)6-11(14)7-10-4-5-12(20(3,18)19)8-13(10)15(16)17/h4-5,8-9,11H,6-7H2,1-3H3. The van der Waals surface area contributed by atoms with Crippen LogP contribution in [-0.2, 0) is 16.3 Å². The van der Waals surface area contributed by atoms with E-state index in [1.807, 2.05) is 13.8 Å². The molecule has 1 aromatic carbocycles. The molecule has 0 aliphatic rings. The molecule has 0 fully saturated rings. The summed E-state index contributed by atoms with van der Waals surface area (Å²) < 4.78 is 22.9.